The highest BCUT2D eigenvalue weighted by atomic mass is 16.2. The van der Waals surface area contributed by atoms with Gasteiger partial charge in [0.25, 0.3) is 0 Å². The Bertz CT molecular complexity index is 1010. The second-order valence-corrected chi connectivity index (χ2v) is 9.62. The van der Waals surface area contributed by atoms with Gasteiger partial charge in [-0.1, -0.05) is 18.2 Å². The molecule has 2 N–H and O–H groups in total. The van der Waals surface area contributed by atoms with Gasteiger partial charge in [-0.2, -0.15) is 0 Å². The first kappa shape index (κ1) is 23.5. The number of rotatable bonds is 8. The third kappa shape index (κ3) is 4.70. The van der Waals surface area contributed by atoms with Crippen LogP contribution in [0.2, 0.25) is 0 Å². The minimum Gasteiger partial charge on any atom is -0.361 e. The van der Waals surface area contributed by atoms with Gasteiger partial charge in [0.15, 0.2) is 0 Å². The molecule has 2 aromatic rings. The molecule has 33 heavy (non-hydrogen) atoms. The number of nitrogens with one attached hydrogen (secondary N) is 2. The Kier molecular flexibility index (Phi) is 7.20. The number of H-pyrrole nitrogens is 1. The highest BCUT2D eigenvalue weighted by Crippen LogP contribution is 2.45. The van der Waals surface area contributed by atoms with E-state index in [2.05, 4.69) is 51.1 Å². The molecule has 1 fully saturated rings. The molecule has 3 atom stereocenters. The van der Waals surface area contributed by atoms with Crippen molar-refractivity contribution in [3.8, 4) is 0 Å². The van der Waals surface area contributed by atoms with Gasteiger partial charge in [0.2, 0.25) is 5.91 Å². The fourth-order valence-electron chi connectivity index (χ4n) is 5.68. The van der Waals surface area contributed by atoms with Crippen molar-refractivity contribution < 1.29 is 9.59 Å². The monoisotopic (exact) mass is 451 g/mol. The van der Waals surface area contributed by atoms with Crippen molar-refractivity contribution in [2.24, 2.45) is 5.92 Å². The van der Waals surface area contributed by atoms with E-state index in [1.54, 1.807) is 0 Å². The first-order valence-corrected chi connectivity index (χ1v) is 12.1. The number of hydrogen-bond acceptors (Lipinski definition) is 4. The average Bonchev–Trinajstić information content (AvgIpc) is 3.21. The van der Waals surface area contributed by atoms with Crippen LogP contribution in [0, 0.1) is 5.92 Å². The lowest BCUT2D eigenvalue weighted by atomic mass is 9.72. The highest BCUT2D eigenvalue weighted by molar-refractivity contribution is 5.96. The molecule has 1 saturated heterocycles. The normalized spacial score (nSPS) is 22.2. The maximum absolute atomic E-state index is 13.7. The van der Waals surface area contributed by atoms with E-state index in [-0.39, 0.29) is 23.8 Å². The zero-order valence-corrected chi connectivity index (χ0v) is 20.1. The number of fused-ring (bicyclic) bond motifs is 2. The third-order valence-electron chi connectivity index (χ3n) is 7.11. The van der Waals surface area contributed by atoms with Crippen molar-refractivity contribution in [3.05, 3.63) is 48.2 Å². The van der Waals surface area contributed by atoms with Gasteiger partial charge in [0, 0.05) is 55.2 Å². The summed E-state index contributed by atoms with van der Waals surface area (Å²) in [6, 6.07) is 6.50. The van der Waals surface area contributed by atoms with E-state index in [0.717, 1.165) is 37.9 Å². The highest BCUT2D eigenvalue weighted by Gasteiger charge is 2.43. The second kappa shape index (κ2) is 10.1. The molecule has 0 spiro atoms. The van der Waals surface area contributed by atoms with E-state index in [4.69, 9.17) is 0 Å². The maximum atomic E-state index is 13.7. The number of carbonyl (C=O) groups excluding carboxylic acids is 2. The van der Waals surface area contributed by atoms with Gasteiger partial charge in [-0.25, -0.2) is 4.79 Å². The number of benzene rings is 1. The summed E-state index contributed by atoms with van der Waals surface area (Å²) >= 11 is 0. The number of aromatic nitrogens is 1. The van der Waals surface area contributed by atoms with Crippen LogP contribution in [0.15, 0.2) is 37.1 Å². The Morgan fingerprint density at radius 2 is 2.12 bits per heavy atom. The second-order valence-electron chi connectivity index (χ2n) is 9.62. The lowest BCUT2D eigenvalue weighted by Crippen LogP contribution is -2.55. The number of carbonyl (C=O) groups is 2. The maximum Gasteiger partial charge on any atom is 0.324 e. The zero-order valence-electron chi connectivity index (χ0n) is 20.1. The minimum atomic E-state index is -0.280. The molecular weight excluding hydrogens is 414 g/mol. The van der Waals surface area contributed by atoms with E-state index >= 15 is 0 Å². The molecule has 1 aliphatic carbocycles. The molecule has 2 aliphatic rings. The number of likely N-dealkylation sites (tertiary alicyclic amines) is 1. The molecule has 2 unspecified atom stereocenters. The minimum absolute atomic E-state index is 0.0562. The molecular formula is C26H37N5O2. The van der Waals surface area contributed by atoms with Crippen molar-refractivity contribution in [1.82, 2.24) is 25.0 Å². The number of hydrogen-bond donors (Lipinski definition) is 2. The van der Waals surface area contributed by atoms with Crippen LogP contribution < -0.4 is 5.32 Å². The zero-order chi connectivity index (χ0) is 23.5. The van der Waals surface area contributed by atoms with Crippen LogP contribution in [0.4, 0.5) is 4.79 Å². The van der Waals surface area contributed by atoms with Crippen molar-refractivity contribution in [3.63, 3.8) is 0 Å². The number of piperidine rings is 1. The van der Waals surface area contributed by atoms with Crippen molar-refractivity contribution >= 4 is 22.8 Å². The van der Waals surface area contributed by atoms with Crippen LogP contribution in [-0.4, -0.2) is 84.5 Å². The molecule has 178 valence electrons. The summed E-state index contributed by atoms with van der Waals surface area (Å²) in [4.78, 5) is 35.9. The van der Waals surface area contributed by atoms with Gasteiger partial charge < -0.3 is 15.2 Å². The predicted molar refractivity (Wildman–Crippen MR) is 132 cm³/mol. The smallest absolute Gasteiger partial charge is 0.324 e. The summed E-state index contributed by atoms with van der Waals surface area (Å²) in [6.45, 7) is 9.02. The number of imide groups is 1. The number of aromatic amines is 1. The summed E-state index contributed by atoms with van der Waals surface area (Å²) in [5, 5.41) is 4.16. The molecule has 3 amide bonds. The predicted octanol–water partition coefficient (Wildman–Crippen LogP) is 3.19. The number of nitrogens with zero attached hydrogens (tertiary/aromatic N) is 3. The Labute approximate surface area is 196 Å². The SMILES string of the molecule is C=CCN1CC(C(=O)N(CCCN(C)C)C(=O)NCC)CC2c3cccc4[nH]cc(c34)C[C@H]21. The van der Waals surface area contributed by atoms with E-state index in [9.17, 15) is 9.59 Å². The summed E-state index contributed by atoms with van der Waals surface area (Å²) in [5.41, 5.74) is 3.84. The Hall–Kier alpha value is -2.64. The van der Waals surface area contributed by atoms with Crippen molar-refractivity contribution in [2.45, 2.75) is 38.1 Å². The Balaban J connectivity index is 1.61. The van der Waals surface area contributed by atoms with Gasteiger partial charge >= 0.3 is 6.03 Å². The Morgan fingerprint density at radius 1 is 1.30 bits per heavy atom. The topological polar surface area (TPSA) is 71.7 Å². The summed E-state index contributed by atoms with van der Waals surface area (Å²) < 4.78 is 0. The third-order valence-corrected chi connectivity index (χ3v) is 7.11. The summed E-state index contributed by atoms with van der Waals surface area (Å²) in [6.07, 6.45) is 6.56. The van der Waals surface area contributed by atoms with Crippen molar-refractivity contribution in [2.75, 3.05) is 46.8 Å². The van der Waals surface area contributed by atoms with E-state index in [1.807, 2.05) is 27.1 Å². The summed E-state index contributed by atoms with van der Waals surface area (Å²) in [7, 11) is 4.01. The first-order valence-electron chi connectivity index (χ1n) is 12.1. The van der Waals surface area contributed by atoms with Crippen LogP contribution in [0.25, 0.3) is 10.9 Å². The first-order chi connectivity index (χ1) is 15.9. The number of amides is 3. The van der Waals surface area contributed by atoms with E-state index in [0.29, 0.717) is 25.7 Å². The number of urea groups is 1. The molecule has 7 heteroatoms. The molecule has 7 nitrogen and oxygen atoms in total. The average molecular weight is 452 g/mol. The van der Waals surface area contributed by atoms with Gasteiger partial charge in [-0.15, -0.1) is 6.58 Å². The largest absolute Gasteiger partial charge is 0.361 e. The van der Waals surface area contributed by atoms with Crippen LogP contribution in [0.1, 0.15) is 36.8 Å². The fourth-order valence-corrected chi connectivity index (χ4v) is 5.68. The van der Waals surface area contributed by atoms with Crippen LogP contribution >= 0.6 is 0 Å². The molecule has 1 aliphatic heterocycles. The molecule has 0 bridgehead atoms. The van der Waals surface area contributed by atoms with Gasteiger partial charge in [0.05, 0.1) is 5.92 Å². The lowest BCUT2D eigenvalue weighted by molar-refractivity contribution is -0.135. The van der Waals surface area contributed by atoms with Gasteiger partial charge in [0.1, 0.15) is 0 Å². The van der Waals surface area contributed by atoms with Crippen LogP contribution in [0.3, 0.4) is 0 Å². The fraction of sp³-hybridized carbons (Fsp3) is 0.538. The standard InChI is InChI=1S/C26H37N5O2/c1-5-11-30-17-19(25(32)31(26(33)27-6-2)13-8-12-29(3)4)14-21-20-9-7-10-22-24(20)18(16-28-22)15-23(21)30/h5,7,9-10,16,19,21,23,28H,1,6,8,11-15,17H2,2-4H3,(H,27,33)/t19?,21?,23-/m1/s1. The molecule has 1 aromatic carbocycles. The van der Waals surface area contributed by atoms with Gasteiger partial charge in [-0.05, 0) is 64.0 Å². The quantitative estimate of drug-likeness (QED) is 0.605. The summed E-state index contributed by atoms with van der Waals surface area (Å²) in [5.74, 6) is -0.0133. The van der Waals surface area contributed by atoms with Crippen LogP contribution in [0.5, 0.6) is 0 Å². The van der Waals surface area contributed by atoms with Crippen molar-refractivity contribution in [1.29, 1.82) is 0 Å². The van der Waals surface area contributed by atoms with Crippen LogP contribution in [-0.2, 0) is 11.2 Å². The Morgan fingerprint density at radius 3 is 2.85 bits per heavy atom. The molecule has 1 aromatic heterocycles. The van der Waals surface area contributed by atoms with E-state index in [1.165, 1.54) is 21.4 Å². The molecule has 4 rings (SSSR count). The molecule has 2 heterocycles. The van der Waals surface area contributed by atoms with Gasteiger partial charge in [-0.3, -0.25) is 14.6 Å². The molecule has 0 radical (unpaired) electrons. The lowest BCUT2D eigenvalue weighted by Gasteiger charge is -2.47. The molecule has 0 saturated carbocycles. The van der Waals surface area contributed by atoms with E-state index < -0.39 is 0 Å².